The van der Waals surface area contributed by atoms with E-state index in [0.29, 0.717) is 21.6 Å². The molecule has 100 valence electrons. The molecule has 0 unspecified atom stereocenters. The molecule has 0 bridgehead atoms. The SMILES string of the molecule is CSc1nnc(C)n1NC(=O)c1cc(Br)ccc1Cl. The first-order valence-corrected chi connectivity index (χ1v) is 7.65. The zero-order chi connectivity index (χ0) is 14.0. The second-order valence-corrected chi connectivity index (χ2v) is 5.73. The molecule has 1 aromatic heterocycles. The van der Waals surface area contributed by atoms with E-state index in [9.17, 15) is 4.79 Å². The molecule has 8 heteroatoms. The quantitative estimate of drug-likeness (QED) is 0.853. The van der Waals surface area contributed by atoms with Gasteiger partial charge in [0.1, 0.15) is 5.82 Å². The van der Waals surface area contributed by atoms with Gasteiger partial charge in [0.15, 0.2) is 0 Å². The lowest BCUT2D eigenvalue weighted by atomic mass is 10.2. The highest BCUT2D eigenvalue weighted by Gasteiger charge is 2.15. The third kappa shape index (κ3) is 3.10. The molecule has 2 aromatic rings. The van der Waals surface area contributed by atoms with Crippen LogP contribution in [0, 0.1) is 6.92 Å². The molecule has 0 aliphatic rings. The summed E-state index contributed by atoms with van der Waals surface area (Å²) in [6, 6.07) is 5.10. The smallest absolute Gasteiger partial charge is 0.267 e. The number of aromatic nitrogens is 3. The normalized spacial score (nSPS) is 10.5. The first-order valence-electron chi connectivity index (χ1n) is 5.25. The number of benzene rings is 1. The minimum Gasteiger partial charge on any atom is -0.267 e. The zero-order valence-corrected chi connectivity index (χ0v) is 13.3. The average Bonchev–Trinajstić information content (AvgIpc) is 2.73. The highest BCUT2D eigenvalue weighted by molar-refractivity contribution is 9.10. The molecule has 0 saturated heterocycles. The maximum Gasteiger partial charge on any atom is 0.271 e. The van der Waals surface area contributed by atoms with Crippen LogP contribution in [0.4, 0.5) is 0 Å². The monoisotopic (exact) mass is 360 g/mol. The fourth-order valence-electron chi connectivity index (χ4n) is 1.44. The molecule has 0 radical (unpaired) electrons. The van der Waals surface area contributed by atoms with E-state index in [2.05, 4.69) is 31.6 Å². The van der Waals surface area contributed by atoms with Gasteiger partial charge in [0.05, 0.1) is 10.6 Å². The Morgan fingerprint density at radius 2 is 2.21 bits per heavy atom. The van der Waals surface area contributed by atoms with Gasteiger partial charge in [0.2, 0.25) is 5.16 Å². The van der Waals surface area contributed by atoms with E-state index < -0.39 is 0 Å². The summed E-state index contributed by atoms with van der Waals surface area (Å²) in [6.45, 7) is 1.76. The zero-order valence-electron chi connectivity index (χ0n) is 10.1. The molecular weight excluding hydrogens is 352 g/mol. The number of hydrogen-bond donors (Lipinski definition) is 1. The summed E-state index contributed by atoms with van der Waals surface area (Å²) < 4.78 is 2.32. The number of nitrogens with one attached hydrogen (secondary N) is 1. The molecule has 1 aromatic carbocycles. The maximum atomic E-state index is 12.2. The van der Waals surface area contributed by atoms with Gasteiger partial charge < -0.3 is 0 Å². The summed E-state index contributed by atoms with van der Waals surface area (Å²) in [7, 11) is 0. The van der Waals surface area contributed by atoms with Gasteiger partial charge in [-0.05, 0) is 31.4 Å². The number of aryl methyl sites for hydroxylation is 1. The molecule has 0 atom stereocenters. The summed E-state index contributed by atoms with van der Waals surface area (Å²) >= 11 is 10.7. The van der Waals surface area contributed by atoms with Gasteiger partial charge in [-0.3, -0.25) is 10.2 Å². The van der Waals surface area contributed by atoms with Crippen molar-refractivity contribution in [2.24, 2.45) is 0 Å². The molecule has 0 aliphatic carbocycles. The molecule has 2 rings (SSSR count). The van der Waals surface area contributed by atoms with Gasteiger partial charge in [-0.15, -0.1) is 10.2 Å². The van der Waals surface area contributed by atoms with Crippen LogP contribution < -0.4 is 5.43 Å². The van der Waals surface area contributed by atoms with E-state index in [4.69, 9.17) is 11.6 Å². The van der Waals surface area contributed by atoms with Crippen LogP contribution in [-0.4, -0.2) is 27.0 Å². The number of nitrogens with zero attached hydrogens (tertiary/aromatic N) is 3. The van der Waals surface area contributed by atoms with Crippen molar-refractivity contribution < 1.29 is 4.79 Å². The molecular formula is C11H10BrClN4OS. The van der Waals surface area contributed by atoms with E-state index >= 15 is 0 Å². The lowest BCUT2D eigenvalue weighted by Gasteiger charge is -2.10. The van der Waals surface area contributed by atoms with Crippen molar-refractivity contribution in [3.8, 4) is 0 Å². The Labute approximate surface area is 127 Å². The van der Waals surface area contributed by atoms with Crippen molar-refractivity contribution in [1.29, 1.82) is 0 Å². The summed E-state index contributed by atoms with van der Waals surface area (Å²) in [6.07, 6.45) is 1.86. The first kappa shape index (κ1) is 14.4. The summed E-state index contributed by atoms with van der Waals surface area (Å²) in [5.41, 5.74) is 3.11. The number of halogens is 2. The Morgan fingerprint density at radius 1 is 1.47 bits per heavy atom. The van der Waals surface area contributed by atoms with Crippen molar-refractivity contribution in [3.05, 3.63) is 39.1 Å². The maximum absolute atomic E-state index is 12.2. The highest BCUT2D eigenvalue weighted by Crippen LogP contribution is 2.21. The Morgan fingerprint density at radius 3 is 2.89 bits per heavy atom. The molecule has 1 amide bonds. The molecule has 19 heavy (non-hydrogen) atoms. The van der Waals surface area contributed by atoms with Gasteiger partial charge in [-0.25, -0.2) is 4.68 Å². The lowest BCUT2D eigenvalue weighted by molar-refractivity contribution is 0.101. The van der Waals surface area contributed by atoms with E-state index in [0.717, 1.165) is 4.47 Å². The molecule has 0 saturated carbocycles. The third-order valence-corrected chi connectivity index (χ3v) is 3.82. The number of carbonyl (C=O) groups excluding carboxylic acids is 1. The molecule has 1 N–H and O–H groups in total. The van der Waals surface area contributed by atoms with E-state index in [-0.39, 0.29) is 5.91 Å². The fourth-order valence-corrected chi connectivity index (χ4v) is 2.48. The van der Waals surface area contributed by atoms with Crippen LogP contribution in [0.3, 0.4) is 0 Å². The predicted molar refractivity (Wildman–Crippen MR) is 79.4 cm³/mol. The Hall–Kier alpha value is -1.05. The molecule has 0 spiro atoms. The van der Waals surface area contributed by atoms with E-state index in [1.165, 1.54) is 16.4 Å². The Balaban J connectivity index is 2.30. The van der Waals surface area contributed by atoms with E-state index in [1.807, 2.05) is 6.26 Å². The molecule has 0 aliphatic heterocycles. The van der Waals surface area contributed by atoms with Gasteiger partial charge in [-0.1, -0.05) is 39.3 Å². The van der Waals surface area contributed by atoms with Crippen molar-refractivity contribution in [2.45, 2.75) is 12.1 Å². The highest BCUT2D eigenvalue weighted by atomic mass is 79.9. The van der Waals surface area contributed by atoms with Crippen molar-refractivity contribution in [3.63, 3.8) is 0 Å². The topological polar surface area (TPSA) is 59.8 Å². The van der Waals surface area contributed by atoms with Gasteiger partial charge in [0, 0.05) is 4.47 Å². The lowest BCUT2D eigenvalue weighted by Crippen LogP contribution is -2.25. The second-order valence-electron chi connectivity index (χ2n) is 3.63. The number of thioether (sulfide) groups is 1. The van der Waals surface area contributed by atoms with Crippen LogP contribution in [0.15, 0.2) is 27.8 Å². The molecule has 5 nitrogen and oxygen atoms in total. The van der Waals surface area contributed by atoms with E-state index in [1.54, 1.807) is 25.1 Å². The molecule has 0 fully saturated rings. The second kappa shape index (κ2) is 5.94. The van der Waals surface area contributed by atoms with Crippen LogP contribution in [0.25, 0.3) is 0 Å². The van der Waals surface area contributed by atoms with Crippen molar-refractivity contribution in [1.82, 2.24) is 14.9 Å². The summed E-state index contributed by atoms with van der Waals surface area (Å²) in [5, 5.41) is 8.84. The Kier molecular flexibility index (Phi) is 4.49. The summed E-state index contributed by atoms with van der Waals surface area (Å²) in [4.78, 5) is 12.2. The minimum atomic E-state index is -0.315. The van der Waals surface area contributed by atoms with Crippen LogP contribution in [0.1, 0.15) is 16.2 Å². The van der Waals surface area contributed by atoms with Crippen LogP contribution in [0.5, 0.6) is 0 Å². The van der Waals surface area contributed by atoms with Gasteiger partial charge >= 0.3 is 0 Å². The largest absolute Gasteiger partial charge is 0.271 e. The number of carbonyl (C=O) groups is 1. The summed E-state index contributed by atoms with van der Waals surface area (Å²) in [5.74, 6) is 0.285. The predicted octanol–water partition coefficient (Wildman–Crippen LogP) is 3.11. The van der Waals surface area contributed by atoms with Gasteiger partial charge in [0.25, 0.3) is 5.91 Å². The van der Waals surface area contributed by atoms with Crippen LogP contribution in [-0.2, 0) is 0 Å². The third-order valence-electron chi connectivity index (χ3n) is 2.36. The van der Waals surface area contributed by atoms with Crippen molar-refractivity contribution >= 4 is 45.2 Å². The number of hydrogen-bond acceptors (Lipinski definition) is 4. The molecule has 1 heterocycles. The van der Waals surface area contributed by atoms with Crippen LogP contribution in [0.2, 0.25) is 5.02 Å². The standard InChI is InChI=1S/C11H10BrClN4OS/c1-6-14-15-11(19-2)17(6)16-10(18)8-5-7(12)3-4-9(8)13/h3-5H,1-2H3,(H,16,18). The average molecular weight is 362 g/mol. The first-order chi connectivity index (χ1) is 9.02. The van der Waals surface area contributed by atoms with Gasteiger partial charge in [-0.2, -0.15) is 0 Å². The number of amides is 1. The fraction of sp³-hybridized carbons (Fsp3) is 0.182. The minimum absolute atomic E-state index is 0.315. The Bertz CT molecular complexity index is 631. The van der Waals surface area contributed by atoms with Crippen molar-refractivity contribution in [2.75, 3.05) is 11.7 Å². The number of rotatable bonds is 3. The van der Waals surface area contributed by atoms with Crippen LogP contribution >= 0.6 is 39.3 Å².